The van der Waals surface area contributed by atoms with Crippen LogP contribution in [0, 0.1) is 16.0 Å². The molecule has 158 valence electrons. The Kier molecular flexibility index (Phi) is 7.03. The van der Waals surface area contributed by atoms with Crippen LogP contribution in [0.1, 0.15) is 38.8 Å². The number of nitrogens with one attached hydrogen (secondary N) is 2. The molecule has 1 unspecified atom stereocenters. The van der Waals surface area contributed by atoms with Crippen molar-refractivity contribution in [3.63, 3.8) is 0 Å². The smallest absolute Gasteiger partial charge is 0.337 e. The van der Waals surface area contributed by atoms with Crippen LogP contribution in [0.4, 0.5) is 10.5 Å². The largest absolute Gasteiger partial charge is 0.493 e. The van der Waals surface area contributed by atoms with E-state index in [0.29, 0.717) is 17.7 Å². The lowest BCUT2D eigenvalue weighted by molar-refractivity contribution is -0.386. The summed E-state index contributed by atoms with van der Waals surface area (Å²) in [6.07, 6.45) is 0.652. The van der Waals surface area contributed by atoms with Crippen molar-refractivity contribution in [2.24, 2.45) is 5.92 Å². The van der Waals surface area contributed by atoms with Gasteiger partial charge in [0, 0.05) is 11.8 Å². The summed E-state index contributed by atoms with van der Waals surface area (Å²) in [6, 6.07) is 1.29. The normalized spacial score (nSPS) is 16.2. The van der Waals surface area contributed by atoms with Gasteiger partial charge in [0.25, 0.3) is 0 Å². The monoisotopic (exact) mass is 407 g/mol. The lowest BCUT2D eigenvalue weighted by Crippen LogP contribution is -2.47. The van der Waals surface area contributed by atoms with Gasteiger partial charge in [-0.15, -0.1) is 0 Å². The third-order valence-electron chi connectivity index (χ3n) is 4.34. The second kappa shape index (κ2) is 9.26. The van der Waals surface area contributed by atoms with E-state index < -0.39 is 23.0 Å². The highest BCUT2D eigenvalue weighted by Gasteiger charge is 2.36. The number of methoxy groups -OCH3 is 2. The molecule has 1 heterocycles. The zero-order chi connectivity index (χ0) is 21.7. The first-order chi connectivity index (χ1) is 13.7. The predicted octanol–water partition coefficient (Wildman–Crippen LogP) is 2.83. The molecule has 0 saturated carbocycles. The Morgan fingerprint density at radius 3 is 2.52 bits per heavy atom. The van der Waals surface area contributed by atoms with Gasteiger partial charge in [0.1, 0.15) is 0 Å². The summed E-state index contributed by atoms with van der Waals surface area (Å²) in [7, 11) is 2.59. The van der Waals surface area contributed by atoms with Crippen molar-refractivity contribution in [2.45, 2.75) is 33.2 Å². The predicted molar refractivity (Wildman–Crippen MR) is 104 cm³/mol. The van der Waals surface area contributed by atoms with Gasteiger partial charge in [-0.25, -0.2) is 9.59 Å². The molecule has 10 nitrogen and oxygen atoms in total. The van der Waals surface area contributed by atoms with Crippen molar-refractivity contribution in [1.29, 1.82) is 0 Å². The number of carbonyl (C=O) groups excluding carboxylic acids is 2. The fourth-order valence-corrected chi connectivity index (χ4v) is 3.04. The number of hydrogen-bond donors (Lipinski definition) is 2. The highest BCUT2D eigenvalue weighted by Crippen LogP contribution is 2.42. The van der Waals surface area contributed by atoms with E-state index in [1.165, 1.54) is 26.4 Å². The highest BCUT2D eigenvalue weighted by molar-refractivity contribution is 5.95. The fraction of sp³-hybridized carbons (Fsp3) is 0.474. The number of esters is 1. The number of urea groups is 1. The highest BCUT2D eigenvalue weighted by atomic mass is 16.6. The van der Waals surface area contributed by atoms with Crippen LogP contribution in [-0.2, 0) is 9.53 Å². The summed E-state index contributed by atoms with van der Waals surface area (Å²) in [5.41, 5.74) is 0.529. The maximum atomic E-state index is 12.5. The molecular formula is C19H25N3O7. The molecule has 0 aliphatic carbocycles. The van der Waals surface area contributed by atoms with Gasteiger partial charge in [0.2, 0.25) is 5.75 Å². The number of nitro benzene ring substituents is 1. The van der Waals surface area contributed by atoms with Crippen molar-refractivity contribution >= 4 is 17.7 Å². The van der Waals surface area contributed by atoms with Crippen LogP contribution < -0.4 is 20.1 Å². The molecule has 29 heavy (non-hydrogen) atoms. The second-order valence-corrected chi connectivity index (χ2v) is 6.68. The molecule has 0 aromatic heterocycles. The van der Waals surface area contributed by atoms with Gasteiger partial charge in [-0.3, -0.25) is 10.1 Å². The molecule has 1 atom stereocenters. The van der Waals surface area contributed by atoms with Crippen molar-refractivity contribution in [1.82, 2.24) is 10.6 Å². The molecule has 1 aromatic rings. The van der Waals surface area contributed by atoms with Gasteiger partial charge in [0.05, 0.1) is 37.4 Å². The molecule has 0 bridgehead atoms. The maximum absolute atomic E-state index is 12.5. The molecule has 2 N–H and O–H groups in total. The number of carbonyl (C=O) groups is 2. The van der Waals surface area contributed by atoms with Crippen LogP contribution in [0.15, 0.2) is 23.4 Å². The van der Waals surface area contributed by atoms with Crippen LogP contribution in [0.25, 0.3) is 0 Å². The first kappa shape index (κ1) is 22.0. The van der Waals surface area contributed by atoms with Crippen LogP contribution in [-0.4, -0.2) is 37.8 Å². The van der Waals surface area contributed by atoms with E-state index >= 15 is 0 Å². The Labute approximate surface area is 168 Å². The molecule has 1 aliphatic heterocycles. The van der Waals surface area contributed by atoms with E-state index in [1.54, 1.807) is 0 Å². The Bertz CT molecular complexity index is 848. The van der Waals surface area contributed by atoms with Crippen LogP contribution in [0.2, 0.25) is 0 Å². The lowest BCUT2D eigenvalue weighted by Gasteiger charge is -2.31. The number of hydrogen-bond acceptors (Lipinski definition) is 7. The van der Waals surface area contributed by atoms with Crippen molar-refractivity contribution in [3.05, 3.63) is 39.1 Å². The van der Waals surface area contributed by atoms with Crippen LogP contribution in [0.3, 0.4) is 0 Å². The maximum Gasteiger partial charge on any atom is 0.337 e. The van der Waals surface area contributed by atoms with Crippen molar-refractivity contribution in [2.75, 3.05) is 20.8 Å². The molecule has 2 rings (SSSR count). The molecule has 0 saturated heterocycles. The standard InChI is InChI=1S/C19H25N3O7/c1-6-7-29-17-12(22(25)26)8-11(9-13(17)27-4)16-14(18(23)28-5)15(10(2)3)20-19(24)21-16/h8-10,16H,6-7H2,1-5H3,(H2,20,21,24). The zero-order valence-corrected chi connectivity index (χ0v) is 17.0. The Hall–Kier alpha value is -3.30. The summed E-state index contributed by atoms with van der Waals surface area (Å²) in [6.45, 7) is 5.76. The molecule has 0 spiro atoms. The molecular weight excluding hydrogens is 382 g/mol. The van der Waals surface area contributed by atoms with Crippen LogP contribution >= 0.6 is 0 Å². The Balaban J connectivity index is 2.71. The number of rotatable bonds is 8. The Morgan fingerprint density at radius 2 is 2.00 bits per heavy atom. The van der Waals surface area contributed by atoms with Gasteiger partial charge >= 0.3 is 17.7 Å². The zero-order valence-electron chi connectivity index (χ0n) is 17.0. The van der Waals surface area contributed by atoms with Crippen molar-refractivity contribution in [3.8, 4) is 11.5 Å². The summed E-state index contributed by atoms with van der Waals surface area (Å²) >= 11 is 0. The number of allylic oxidation sites excluding steroid dienone is 1. The van der Waals surface area contributed by atoms with E-state index in [-0.39, 0.29) is 35.3 Å². The van der Waals surface area contributed by atoms with Gasteiger partial charge in [-0.05, 0) is 24.0 Å². The lowest BCUT2D eigenvalue weighted by atomic mass is 9.91. The molecule has 2 amide bonds. The van der Waals surface area contributed by atoms with Gasteiger partial charge in [-0.2, -0.15) is 0 Å². The van der Waals surface area contributed by atoms with Crippen molar-refractivity contribution < 1.29 is 28.7 Å². The third kappa shape index (κ3) is 4.58. The van der Waals surface area contributed by atoms with Crippen LogP contribution in [0.5, 0.6) is 11.5 Å². The van der Waals surface area contributed by atoms with Gasteiger partial charge in [-0.1, -0.05) is 20.8 Å². The van der Waals surface area contributed by atoms with E-state index in [0.717, 1.165) is 0 Å². The second-order valence-electron chi connectivity index (χ2n) is 6.68. The summed E-state index contributed by atoms with van der Waals surface area (Å²) < 4.78 is 15.7. The molecule has 0 radical (unpaired) electrons. The topological polar surface area (TPSA) is 129 Å². The number of benzene rings is 1. The number of amides is 2. The van der Waals surface area contributed by atoms with E-state index in [1.807, 2.05) is 20.8 Å². The number of nitro groups is 1. The summed E-state index contributed by atoms with van der Waals surface area (Å²) in [5.74, 6) is -0.720. The molecule has 0 fully saturated rings. The quantitative estimate of drug-likeness (QED) is 0.385. The first-order valence-corrected chi connectivity index (χ1v) is 9.14. The number of ether oxygens (including phenoxy) is 3. The summed E-state index contributed by atoms with van der Waals surface area (Å²) in [4.78, 5) is 35.8. The SMILES string of the molecule is CCCOc1c(OC)cc(C2NC(=O)NC(C(C)C)=C2C(=O)OC)cc1[N+](=O)[O-]. The van der Waals surface area contributed by atoms with Gasteiger partial charge < -0.3 is 24.8 Å². The summed E-state index contributed by atoms with van der Waals surface area (Å²) in [5, 5.41) is 16.9. The average Bonchev–Trinajstić information content (AvgIpc) is 2.70. The Morgan fingerprint density at radius 1 is 1.31 bits per heavy atom. The minimum Gasteiger partial charge on any atom is -0.493 e. The fourth-order valence-electron chi connectivity index (χ4n) is 3.04. The first-order valence-electron chi connectivity index (χ1n) is 9.14. The van der Waals surface area contributed by atoms with E-state index in [4.69, 9.17) is 14.2 Å². The molecule has 1 aliphatic rings. The minimum absolute atomic E-state index is 0.00367. The third-order valence-corrected chi connectivity index (χ3v) is 4.34. The average molecular weight is 407 g/mol. The molecule has 10 heteroatoms. The van der Waals surface area contributed by atoms with E-state index in [2.05, 4.69) is 10.6 Å². The number of nitrogens with zero attached hydrogens (tertiary/aromatic N) is 1. The van der Waals surface area contributed by atoms with Gasteiger partial charge in [0.15, 0.2) is 5.75 Å². The minimum atomic E-state index is -0.957. The van der Waals surface area contributed by atoms with E-state index in [9.17, 15) is 19.7 Å². The molecule has 1 aromatic carbocycles.